The molecule has 4 aromatic heterocycles. The van der Waals surface area contributed by atoms with Crippen LogP contribution in [0.4, 0.5) is 49.1 Å². The lowest BCUT2D eigenvalue weighted by Gasteiger charge is -2.24. The van der Waals surface area contributed by atoms with Gasteiger partial charge in [-0.3, -0.25) is 76.3 Å². The smallest absolute Gasteiger partial charge is 0.449 e. The molecule has 11 rings (SSSR count). The molecule has 4 heterocycles. The largest absolute Gasteiger partial charge is 0.493 e. The molecule has 29 nitrogen and oxygen atoms in total. The van der Waals surface area contributed by atoms with E-state index in [-0.39, 0.29) is 126 Å². The van der Waals surface area contributed by atoms with Crippen molar-refractivity contribution in [3.63, 3.8) is 0 Å². The summed E-state index contributed by atoms with van der Waals surface area (Å²) >= 11 is 18.3. The maximum atomic E-state index is 13.6. The molecule has 0 aliphatic heterocycles. The number of nitrogens with one attached hydrogen (secondary N) is 3. The molecule has 4 atom stereocenters. The van der Waals surface area contributed by atoms with Crippen molar-refractivity contribution >= 4 is 104 Å². The second-order valence-electron chi connectivity index (χ2n) is 38.7. The van der Waals surface area contributed by atoms with Crippen molar-refractivity contribution in [2.75, 3.05) is 68.7 Å². The number of nitrogens with zero attached hydrogens (tertiary/aromatic N) is 9. The van der Waals surface area contributed by atoms with E-state index in [1.807, 2.05) is 156 Å². The molecule has 788 valence electrons. The van der Waals surface area contributed by atoms with Gasteiger partial charge in [0.25, 0.3) is 22.2 Å². The molecule has 0 saturated heterocycles. The van der Waals surface area contributed by atoms with E-state index in [2.05, 4.69) is 20.9 Å². The van der Waals surface area contributed by atoms with E-state index in [9.17, 15) is 83.9 Å². The lowest BCUT2D eigenvalue weighted by atomic mass is 9.82. The van der Waals surface area contributed by atoms with E-state index in [0.717, 1.165) is 11.4 Å². The van der Waals surface area contributed by atoms with Crippen molar-refractivity contribution in [3.8, 4) is 40.0 Å². The van der Waals surface area contributed by atoms with Crippen LogP contribution in [0.25, 0.3) is 22.7 Å². The first-order valence-corrected chi connectivity index (χ1v) is 49.2. The number of nitrogen functional groups attached to an aromatic ring is 1. The van der Waals surface area contributed by atoms with Crippen LogP contribution in [0, 0.1) is 16.2 Å². The van der Waals surface area contributed by atoms with Crippen LogP contribution < -0.4 is 63.9 Å². The number of ketones is 5. The first kappa shape index (κ1) is 118. The van der Waals surface area contributed by atoms with E-state index in [1.165, 1.54) is 23.4 Å². The summed E-state index contributed by atoms with van der Waals surface area (Å²) in [6.07, 6.45) is -9.36. The van der Waals surface area contributed by atoms with Crippen LogP contribution in [-0.4, -0.2) is 148 Å². The minimum absolute atomic E-state index is 0.0178. The first-order chi connectivity index (χ1) is 68.5. The number of rotatable bonds is 44. The fourth-order valence-corrected chi connectivity index (χ4v) is 18.0. The van der Waals surface area contributed by atoms with E-state index in [1.54, 1.807) is 167 Å². The van der Waals surface area contributed by atoms with E-state index < -0.39 is 81.9 Å². The quantitative estimate of drug-likeness (QED) is 0.0175. The minimum atomic E-state index is -4.96. The Bertz CT molecular complexity index is 6660. The maximum absolute atomic E-state index is 13.6. The minimum Gasteiger partial charge on any atom is -0.493 e. The Labute approximate surface area is 860 Å². The number of alkyl halides is 6. The van der Waals surface area contributed by atoms with Gasteiger partial charge in [-0.15, -0.1) is 0 Å². The lowest BCUT2D eigenvalue weighted by Crippen LogP contribution is -2.27. The fourth-order valence-electron chi connectivity index (χ4n) is 17.5. The summed E-state index contributed by atoms with van der Waals surface area (Å²) < 4.78 is 105. The molecule has 146 heavy (non-hydrogen) atoms. The van der Waals surface area contributed by atoms with E-state index in [4.69, 9.17) is 60.5 Å². The topological polar surface area (TPSA) is 363 Å². The molecule has 38 heteroatoms. The van der Waals surface area contributed by atoms with Crippen molar-refractivity contribution in [2.24, 2.45) is 50.2 Å². The zero-order valence-electron chi connectivity index (χ0n) is 86.0. The summed E-state index contributed by atoms with van der Waals surface area (Å²) in [5.41, 5.74) is 14.8. The summed E-state index contributed by atoms with van der Waals surface area (Å²) in [5, 5.41) is 9.82. The van der Waals surface area contributed by atoms with Crippen molar-refractivity contribution in [1.29, 1.82) is 0 Å². The zero-order chi connectivity index (χ0) is 109. The highest BCUT2D eigenvalue weighted by atomic mass is 35.5. The lowest BCUT2D eigenvalue weighted by molar-refractivity contribution is -0.171. The second-order valence-corrected chi connectivity index (χ2v) is 40.0. The highest BCUT2D eigenvalue weighted by Crippen LogP contribution is 2.39. The van der Waals surface area contributed by atoms with Crippen molar-refractivity contribution in [3.05, 3.63) is 272 Å². The van der Waals surface area contributed by atoms with Crippen LogP contribution in [0.3, 0.4) is 0 Å². The second kappa shape index (κ2) is 52.3. The molecule has 0 aliphatic carbocycles. The van der Waals surface area contributed by atoms with Gasteiger partial charge in [0.1, 0.15) is 40.0 Å². The zero-order valence-corrected chi connectivity index (χ0v) is 88.3. The predicted molar refractivity (Wildman–Crippen MR) is 560 cm³/mol. The number of Topliss-reactive ketones (excluding diaryl/α,β-unsaturated/α-hetero) is 5. The number of aromatic nitrogens is 8. The number of nitrogens with two attached hydrogens (primary N) is 2. The van der Waals surface area contributed by atoms with Gasteiger partial charge < -0.3 is 46.5 Å². The van der Waals surface area contributed by atoms with Gasteiger partial charge in [-0.05, 0) is 186 Å². The van der Waals surface area contributed by atoms with E-state index >= 15 is 0 Å². The van der Waals surface area contributed by atoms with Crippen molar-refractivity contribution in [2.45, 2.75) is 210 Å². The fraction of sp³-hybridized carbons (Fsp3) is 0.426. The Morgan fingerprint density at radius 1 is 0.377 bits per heavy atom. The summed E-state index contributed by atoms with van der Waals surface area (Å²) in [6, 6.07) is 50.8. The number of anilines is 4. The number of benzene rings is 7. The van der Waals surface area contributed by atoms with E-state index in [0.29, 0.717) is 135 Å². The molecule has 0 fully saturated rings. The van der Waals surface area contributed by atoms with Crippen molar-refractivity contribution < 1.29 is 78.9 Å². The summed E-state index contributed by atoms with van der Waals surface area (Å²) in [6.45, 7) is 26.4. The molecular formula is C108H133Cl3F6N14O15. The summed E-state index contributed by atoms with van der Waals surface area (Å²) in [4.78, 5) is 157. The molecule has 4 unspecified atom stereocenters. The molecule has 0 radical (unpaired) electrons. The van der Waals surface area contributed by atoms with Crippen LogP contribution in [0.5, 0.6) is 17.2 Å². The molecule has 7 aromatic carbocycles. The third-order valence-corrected chi connectivity index (χ3v) is 25.5. The third kappa shape index (κ3) is 31.7. The number of ether oxygens (including phenoxy) is 3. The number of para-hydroxylation sites is 4. The maximum Gasteiger partial charge on any atom is 0.449 e. The Kier molecular flexibility index (Phi) is 42.3. The van der Waals surface area contributed by atoms with Gasteiger partial charge in [-0.1, -0.05) is 177 Å². The monoisotopic (exact) mass is 2080 g/mol. The van der Waals surface area contributed by atoms with Gasteiger partial charge in [-0.2, -0.15) is 26.3 Å². The molecule has 7 N–H and O–H groups in total. The van der Waals surface area contributed by atoms with Crippen LogP contribution in [0.2, 0.25) is 15.1 Å². The Balaban J connectivity index is 0.000000242. The average Bonchev–Trinajstić information content (AvgIpc) is 1.62. The number of likely N-dealkylation sites (N-methyl/N-ethyl adjacent to an activating group) is 1. The number of halogens is 9. The predicted octanol–water partition coefficient (Wildman–Crippen LogP) is 21.3. The molecule has 0 saturated carbocycles. The van der Waals surface area contributed by atoms with Gasteiger partial charge in [-0.25, -0.2) is 18.7 Å². The van der Waals surface area contributed by atoms with Gasteiger partial charge >= 0.3 is 12.4 Å². The highest BCUT2D eigenvalue weighted by molar-refractivity contribution is 6.32. The van der Waals surface area contributed by atoms with Gasteiger partial charge in [0.15, 0.2) is 17.3 Å². The van der Waals surface area contributed by atoms with Gasteiger partial charge in [0.2, 0.25) is 29.3 Å². The van der Waals surface area contributed by atoms with Crippen LogP contribution in [0.15, 0.2) is 195 Å². The van der Waals surface area contributed by atoms with Crippen LogP contribution in [-0.2, 0) is 52.2 Å². The molecule has 0 spiro atoms. The number of hydrogen-bond acceptors (Lipinski definition) is 18. The number of carbonyl (C=O) groups excluding carboxylic acids is 8. The first-order valence-electron chi connectivity index (χ1n) is 48.1. The van der Waals surface area contributed by atoms with Crippen LogP contribution >= 0.6 is 34.8 Å². The number of amides is 3. The third-order valence-electron chi connectivity index (χ3n) is 24.8. The SMILES string of the molecule is CC(CCC(=O)C(F)(F)F)c1c(N)c(=O)n(-c2ccccc2)n1C.CCOc1ccc(Cl)cc1C(=O)CCC(C)(C)CC(=O)Nc1c(C(C)CCC(=O)C(F)(F)F)n(C)n(-c2ccccc2)c1=O.CCOc1ccc(Cl)cc1C(=O)CCC(C)(C)CC(=O)Nc1c(C(C)CN(C)C)n(C)n(-c2ccccc2)c1=O.CCOc1ccc(Cl)cc1C(=O)CCC(C)(C)CC(=O)Nc1c(C(C)CN)n(C)n(-c2ccccc2)c1=O. The molecule has 0 bridgehead atoms. The average molecular weight is 2090 g/mol. The van der Waals surface area contributed by atoms with Gasteiger partial charge in [0.05, 0.1) is 82.0 Å². The molecular weight excluding hydrogens is 1950 g/mol. The highest BCUT2D eigenvalue weighted by Gasteiger charge is 2.41. The Morgan fingerprint density at radius 3 is 0.890 bits per heavy atom. The number of carbonyl (C=O) groups is 8. The molecule has 3 amide bonds. The van der Waals surface area contributed by atoms with Crippen LogP contribution in [0.1, 0.15) is 251 Å². The summed E-state index contributed by atoms with van der Waals surface area (Å²) in [7, 11) is 10.8. The van der Waals surface area contributed by atoms with Gasteiger partial charge in [0, 0.05) is 131 Å². The molecule has 11 aromatic rings. The Hall–Kier alpha value is -13.1. The normalized spacial score (nSPS) is 12.5. The van der Waals surface area contributed by atoms with Crippen molar-refractivity contribution in [1.82, 2.24) is 42.4 Å². The molecule has 0 aliphatic rings. The standard InChI is InChI=1S/C32H37ClF3N3O5.C31H41ClN4O4.C29H37ClN4O4.C16H18F3N3O2/c1-6-44-25-14-13-21(33)18-23(25)24(40)16-17-31(3,4)19-27(42)37-28-29(20(2)12-15-26(41)32(34,35)36)38(5)39(30(28)43)22-10-8-7-9-11-22;1-8-40-26-15-14-22(32)18-24(26)25(37)16-17-31(3,4)19-27(38)33-28-29(21(2)20-34(5)6)35(7)36(30(28)39)23-12-10-9-11-13-23;1-6-38-24-13-12-20(30)16-22(24)23(35)14-15-29(3,4)17-25(36)32-26-27(19(2)18-31)33(5)34(28(26)37)21-10-8-7-9-11-21;1-10(8-9-12(23)16(17,18)19)14-13(20)15(24)22(21(14)2)11-6-4-3-5-7-11/h7-11,13-14,18,20H,6,12,15-17,19H2,1-5H3,(H,37,42);9-15,18,21H,8,16-17,19-20H2,1-7H3,(H,33,38);7-13,16,19H,6,14-15,17-18,31H2,1-5H3,(H,32,36);3-7,10H,8-9,20H2,1-2H3. The summed E-state index contributed by atoms with van der Waals surface area (Å²) in [5.74, 6) is -4.97. The number of hydrogen-bond donors (Lipinski definition) is 5. The Morgan fingerprint density at radius 2 is 0.630 bits per heavy atom.